The van der Waals surface area contributed by atoms with Gasteiger partial charge in [-0.1, -0.05) is 17.7 Å². The second kappa shape index (κ2) is 11.5. The number of amides is 1. The quantitative estimate of drug-likeness (QED) is 0.469. The molecule has 2 saturated carbocycles. The lowest BCUT2D eigenvalue weighted by atomic mass is 9.60. The minimum atomic E-state index is -3.76. The van der Waals surface area contributed by atoms with E-state index in [-0.39, 0.29) is 11.9 Å². The summed E-state index contributed by atoms with van der Waals surface area (Å²) in [6.45, 7) is 2.03. The Morgan fingerprint density at radius 3 is 2.52 bits per heavy atom. The molecule has 9 heteroatoms. The fraction of sp³-hybridized carbons (Fsp3) is 0.581. The topological polar surface area (TPSA) is 84.9 Å². The maximum atomic E-state index is 13.2. The highest BCUT2D eigenvalue weighted by atomic mass is 35.5. The number of carbonyl (C=O) groups is 1. The number of sulfonamides is 1. The van der Waals surface area contributed by atoms with Crippen molar-refractivity contribution in [1.82, 2.24) is 4.72 Å². The molecule has 5 atom stereocenters. The number of hydrogen-bond donors (Lipinski definition) is 1. The lowest BCUT2D eigenvalue weighted by molar-refractivity contribution is -0.0932. The van der Waals surface area contributed by atoms with Crippen molar-refractivity contribution >= 4 is 33.2 Å². The van der Waals surface area contributed by atoms with Crippen LogP contribution in [0.3, 0.4) is 0 Å². The van der Waals surface area contributed by atoms with Crippen LogP contribution in [-0.2, 0) is 27.7 Å². The molecule has 0 radical (unpaired) electrons. The maximum Gasteiger partial charge on any atom is 0.264 e. The van der Waals surface area contributed by atoms with Crippen LogP contribution in [-0.4, -0.2) is 46.4 Å². The second-order valence-electron chi connectivity index (χ2n) is 12.0. The first-order chi connectivity index (χ1) is 19.3. The van der Waals surface area contributed by atoms with Crippen LogP contribution in [0.4, 0.5) is 5.69 Å². The summed E-state index contributed by atoms with van der Waals surface area (Å²) in [5.41, 5.74) is 3.59. The van der Waals surface area contributed by atoms with Crippen LogP contribution >= 0.6 is 11.6 Å². The Morgan fingerprint density at radius 1 is 0.975 bits per heavy atom. The zero-order valence-corrected chi connectivity index (χ0v) is 24.7. The molecule has 2 aromatic carbocycles. The summed E-state index contributed by atoms with van der Waals surface area (Å²) >= 11 is 6.41. The lowest BCUT2D eigenvalue weighted by Gasteiger charge is -2.51. The molecule has 1 amide bonds. The van der Waals surface area contributed by atoms with E-state index in [1.165, 1.54) is 11.1 Å². The molecule has 2 unspecified atom stereocenters. The Morgan fingerprint density at radius 2 is 1.77 bits per heavy atom. The van der Waals surface area contributed by atoms with Crippen LogP contribution in [0.15, 0.2) is 36.4 Å². The molecule has 2 heterocycles. The van der Waals surface area contributed by atoms with Gasteiger partial charge in [0.05, 0.1) is 24.2 Å². The number of methoxy groups -OCH3 is 1. The number of fused-ring (bicyclic) bond motifs is 4. The molecule has 216 valence electrons. The molecule has 2 bridgehead atoms. The molecular weight excluding hydrogens is 548 g/mol. The SMILES string of the molecule is CO[C@H]1C2CCC2CCS(=O)(=O)NC(=O)c2ccc3c(c2)N(Cc2ccc(Cl)cc2CCCCO3)C[C@@H]2CC[C@H]21. The van der Waals surface area contributed by atoms with E-state index >= 15 is 0 Å². The van der Waals surface area contributed by atoms with Gasteiger partial charge in [-0.3, -0.25) is 4.79 Å². The summed E-state index contributed by atoms with van der Waals surface area (Å²) < 4.78 is 40.7. The third kappa shape index (κ3) is 5.72. The van der Waals surface area contributed by atoms with Gasteiger partial charge in [-0.15, -0.1) is 0 Å². The first-order valence-corrected chi connectivity index (χ1v) is 16.7. The third-order valence-corrected chi connectivity index (χ3v) is 11.2. The van der Waals surface area contributed by atoms with Crippen LogP contribution in [0, 0.1) is 23.7 Å². The Hall–Kier alpha value is -2.29. The number of nitrogens with one attached hydrogen (secondary N) is 1. The minimum Gasteiger partial charge on any atom is -0.491 e. The van der Waals surface area contributed by atoms with Crippen molar-refractivity contribution in [1.29, 1.82) is 0 Å². The smallest absolute Gasteiger partial charge is 0.264 e. The molecule has 4 aliphatic rings. The summed E-state index contributed by atoms with van der Waals surface area (Å²) in [6, 6.07) is 11.4. The maximum absolute atomic E-state index is 13.2. The number of hydrogen-bond acceptors (Lipinski definition) is 6. The van der Waals surface area contributed by atoms with E-state index in [2.05, 4.69) is 21.8 Å². The van der Waals surface area contributed by atoms with Crippen LogP contribution in [0.2, 0.25) is 5.02 Å². The van der Waals surface area contributed by atoms with Gasteiger partial charge in [0.25, 0.3) is 5.91 Å². The molecule has 2 fully saturated rings. The highest BCUT2D eigenvalue weighted by Gasteiger charge is 2.47. The van der Waals surface area contributed by atoms with Gasteiger partial charge in [0.2, 0.25) is 10.0 Å². The number of aryl methyl sites for hydroxylation is 1. The van der Waals surface area contributed by atoms with Crippen molar-refractivity contribution in [2.75, 3.05) is 30.9 Å². The second-order valence-corrected chi connectivity index (χ2v) is 14.3. The summed E-state index contributed by atoms with van der Waals surface area (Å²) in [5, 5.41) is 0.736. The Balaban J connectivity index is 1.43. The van der Waals surface area contributed by atoms with Gasteiger partial charge >= 0.3 is 0 Å². The van der Waals surface area contributed by atoms with E-state index in [9.17, 15) is 13.2 Å². The number of ether oxygens (including phenoxy) is 2. The van der Waals surface area contributed by atoms with Crippen LogP contribution in [0.25, 0.3) is 0 Å². The molecule has 1 N–H and O–H groups in total. The molecule has 40 heavy (non-hydrogen) atoms. The summed E-state index contributed by atoms with van der Waals surface area (Å²) in [5.74, 6) is 1.60. The molecule has 2 aliphatic carbocycles. The van der Waals surface area contributed by atoms with E-state index in [0.29, 0.717) is 48.8 Å². The van der Waals surface area contributed by atoms with Crippen molar-refractivity contribution in [2.45, 2.75) is 64.0 Å². The molecule has 2 aromatic rings. The third-order valence-electron chi connectivity index (χ3n) is 9.72. The van der Waals surface area contributed by atoms with Gasteiger partial charge < -0.3 is 14.4 Å². The van der Waals surface area contributed by atoms with Crippen molar-refractivity contribution in [3.63, 3.8) is 0 Å². The first kappa shape index (κ1) is 27.9. The highest BCUT2D eigenvalue weighted by molar-refractivity contribution is 7.90. The van der Waals surface area contributed by atoms with Gasteiger partial charge in [-0.05, 0) is 116 Å². The number of rotatable bonds is 1. The van der Waals surface area contributed by atoms with Gasteiger partial charge in [0, 0.05) is 30.8 Å². The zero-order chi connectivity index (χ0) is 27.9. The standard InChI is InChI=1S/C31H39ClN2O5S/c1-38-30-26-10-6-20(26)13-15-40(36,37)33-31(35)22-8-12-29-28(17-22)34(19-24-7-11-27(24)30)18-23-5-9-25(32)16-21(23)4-2-3-14-39-29/h5,8-9,12,16-17,20,24,26-27,30H,2-4,6-7,10-11,13-15,18-19H2,1H3,(H,33,35)/t20?,24-,26?,27+,30-/m0/s1. The first-order valence-electron chi connectivity index (χ1n) is 14.7. The highest BCUT2D eigenvalue weighted by Crippen LogP contribution is 2.49. The van der Waals surface area contributed by atoms with Gasteiger partial charge in [0.1, 0.15) is 5.75 Å². The van der Waals surface area contributed by atoms with Crippen molar-refractivity contribution in [3.05, 3.63) is 58.1 Å². The normalized spacial score (nSPS) is 30.2. The average Bonchev–Trinajstić information content (AvgIpc) is 2.92. The van der Waals surface area contributed by atoms with E-state index < -0.39 is 15.9 Å². The number of nitrogens with zero attached hydrogens (tertiary/aromatic N) is 1. The van der Waals surface area contributed by atoms with Crippen molar-refractivity contribution in [3.8, 4) is 5.75 Å². The van der Waals surface area contributed by atoms with E-state index in [4.69, 9.17) is 21.1 Å². The fourth-order valence-corrected chi connectivity index (χ4v) is 8.52. The van der Waals surface area contributed by atoms with Crippen LogP contribution in [0.5, 0.6) is 5.75 Å². The summed E-state index contributed by atoms with van der Waals surface area (Å²) in [6.07, 6.45) is 7.80. The van der Waals surface area contributed by atoms with E-state index in [1.54, 1.807) is 12.1 Å². The van der Waals surface area contributed by atoms with Crippen molar-refractivity contribution < 1.29 is 22.7 Å². The number of carbonyl (C=O) groups excluding carboxylic acids is 1. The van der Waals surface area contributed by atoms with E-state index in [1.807, 2.05) is 19.2 Å². The van der Waals surface area contributed by atoms with Crippen molar-refractivity contribution in [2.24, 2.45) is 23.7 Å². The lowest BCUT2D eigenvalue weighted by Crippen LogP contribution is -2.50. The molecule has 7 nitrogen and oxygen atoms in total. The molecule has 6 rings (SSSR count). The zero-order valence-electron chi connectivity index (χ0n) is 23.1. The Labute approximate surface area is 242 Å². The predicted octanol–water partition coefficient (Wildman–Crippen LogP) is 5.59. The van der Waals surface area contributed by atoms with Gasteiger partial charge in [0.15, 0.2) is 0 Å². The fourth-order valence-electron chi connectivity index (χ4n) is 7.21. The summed E-state index contributed by atoms with van der Waals surface area (Å²) in [7, 11) is -1.95. The molecule has 2 aliphatic heterocycles. The Bertz CT molecular complexity index is 1370. The molecule has 0 spiro atoms. The number of anilines is 1. The Kier molecular flexibility index (Phi) is 8.03. The van der Waals surface area contributed by atoms with Crippen LogP contribution < -0.4 is 14.4 Å². The predicted molar refractivity (Wildman–Crippen MR) is 156 cm³/mol. The molecular formula is C31H39ClN2O5S. The van der Waals surface area contributed by atoms with Gasteiger partial charge in [-0.25, -0.2) is 13.1 Å². The summed E-state index contributed by atoms with van der Waals surface area (Å²) in [4.78, 5) is 15.6. The largest absolute Gasteiger partial charge is 0.491 e. The van der Waals surface area contributed by atoms with E-state index in [0.717, 1.165) is 68.0 Å². The molecule has 0 aromatic heterocycles. The minimum absolute atomic E-state index is 0.0516. The average molecular weight is 587 g/mol. The van der Waals surface area contributed by atoms with Crippen LogP contribution in [0.1, 0.15) is 66.4 Å². The van der Waals surface area contributed by atoms with Gasteiger partial charge in [-0.2, -0.15) is 0 Å². The number of benzene rings is 2. The molecule has 0 saturated heterocycles. The number of halogens is 1. The monoisotopic (exact) mass is 586 g/mol.